The van der Waals surface area contributed by atoms with E-state index >= 15 is 0 Å². The van der Waals surface area contributed by atoms with Crippen LogP contribution in [0.15, 0.2) is 54.6 Å². The third-order valence-corrected chi connectivity index (χ3v) is 5.00. The number of nitrogens with one attached hydrogen (secondary N) is 1. The Morgan fingerprint density at radius 1 is 1.04 bits per heavy atom. The van der Waals surface area contributed by atoms with Gasteiger partial charge in [0.05, 0.1) is 17.5 Å². The molecule has 0 heterocycles. The van der Waals surface area contributed by atoms with Gasteiger partial charge < -0.3 is 5.32 Å². The number of sulfonamides is 1. The van der Waals surface area contributed by atoms with Gasteiger partial charge in [0.25, 0.3) is 0 Å². The molecule has 1 N–H and O–H groups in total. The van der Waals surface area contributed by atoms with E-state index in [0.29, 0.717) is 5.56 Å². The minimum atomic E-state index is -4.66. The summed E-state index contributed by atoms with van der Waals surface area (Å²) in [6.07, 6.45) is -3.74. The Kier molecular flexibility index (Phi) is 5.72. The molecule has 9 heteroatoms. The Balaban J connectivity index is 2.44. The van der Waals surface area contributed by atoms with Crippen molar-refractivity contribution in [2.75, 3.05) is 18.6 Å². The largest absolute Gasteiger partial charge is 0.418 e. The summed E-state index contributed by atoms with van der Waals surface area (Å²) in [6, 6.07) is 11.1. The normalized spacial score (nSPS) is 13.5. The van der Waals surface area contributed by atoms with Crippen LogP contribution in [0.3, 0.4) is 0 Å². The predicted octanol–water partition coefficient (Wildman–Crippen LogP) is 3.28. The summed E-state index contributed by atoms with van der Waals surface area (Å²) < 4.78 is 63.9. The number of likely N-dealkylation sites (N-methyl/N-ethyl adjacent to an activating group) is 1. The van der Waals surface area contributed by atoms with E-state index in [1.807, 2.05) is 0 Å². The second kappa shape index (κ2) is 7.46. The molecule has 140 valence electrons. The Hall–Kier alpha value is -2.39. The van der Waals surface area contributed by atoms with Crippen molar-refractivity contribution < 1.29 is 26.4 Å². The van der Waals surface area contributed by atoms with Gasteiger partial charge >= 0.3 is 6.18 Å². The Morgan fingerprint density at radius 2 is 1.58 bits per heavy atom. The number of alkyl halides is 3. The van der Waals surface area contributed by atoms with Crippen LogP contribution in [0.1, 0.15) is 17.2 Å². The van der Waals surface area contributed by atoms with E-state index < -0.39 is 39.4 Å². The van der Waals surface area contributed by atoms with Gasteiger partial charge in [-0.2, -0.15) is 17.5 Å². The zero-order valence-corrected chi connectivity index (χ0v) is 14.8. The first-order chi connectivity index (χ1) is 12.0. The van der Waals surface area contributed by atoms with Crippen molar-refractivity contribution in [1.82, 2.24) is 4.31 Å². The first-order valence-corrected chi connectivity index (χ1v) is 9.31. The standard InChI is InChI=1S/C17H17F3N2O3S/c1-22(26(2,24)25)15(12-8-4-3-5-9-12)16(23)21-14-11-7-6-10-13(14)17(18,19)20/h3-11,15H,1-2H3,(H,21,23). The van der Waals surface area contributed by atoms with Crippen molar-refractivity contribution in [3.05, 3.63) is 65.7 Å². The maximum Gasteiger partial charge on any atom is 0.418 e. The fourth-order valence-corrected chi connectivity index (χ4v) is 2.99. The third kappa shape index (κ3) is 4.61. The minimum absolute atomic E-state index is 0.336. The molecule has 1 unspecified atom stereocenters. The quantitative estimate of drug-likeness (QED) is 0.858. The van der Waals surface area contributed by atoms with Crippen LogP contribution in [0.25, 0.3) is 0 Å². The molecule has 0 saturated carbocycles. The highest BCUT2D eigenvalue weighted by molar-refractivity contribution is 7.88. The van der Waals surface area contributed by atoms with Gasteiger partial charge in [-0.1, -0.05) is 42.5 Å². The Labute approximate surface area is 149 Å². The van der Waals surface area contributed by atoms with Crippen LogP contribution in [0.5, 0.6) is 0 Å². The first-order valence-electron chi connectivity index (χ1n) is 7.47. The van der Waals surface area contributed by atoms with Crippen molar-refractivity contribution >= 4 is 21.6 Å². The summed E-state index contributed by atoms with van der Waals surface area (Å²) in [5, 5.41) is 2.20. The van der Waals surface area contributed by atoms with Crippen molar-refractivity contribution in [3.63, 3.8) is 0 Å². The van der Waals surface area contributed by atoms with Crippen LogP contribution in [0.2, 0.25) is 0 Å². The lowest BCUT2D eigenvalue weighted by Crippen LogP contribution is -2.38. The summed E-state index contributed by atoms with van der Waals surface area (Å²) >= 11 is 0. The summed E-state index contributed by atoms with van der Waals surface area (Å²) in [4.78, 5) is 12.7. The molecule has 1 atom stereocenters. The number of anilines is 1. The fourth-order valence-electron chi connectivity index (χ4n) is 2.39. The van der Waals surface area contributed by atoms with E-state index in [9.17, 15) is 26.4 Å². The molecule has 1 amide bonds. The van der Waals surface area contributed by atoms with E-state index in [0.717, 1.165) is 22.7 Å². The molecule has 2 aromatic carbocycles. The van der Waals surface area contributed by atoms with E-state index in [1.54, 1.807) is 18.2 Å². The molecule has 0 radical (unpaired) electrons. The Morgan fingerprint density at radius 3 is 2.12 bits per heavy atom. The maximum atomic E-state index is 13.1. The number of carbonyl (C=O) groups is 1. The molecular formula is C17H17F3N2O3S. The van der Waals surface area contributed by atoms with Gasteiger partial charge in [-0.3, -0.25) is 4.79 Å². The number of carbonyl (C=O) groups excluding carboxylic acids is 1. The monoisotopic (exact) mass is 386 g/mol. The molecule has 0 aliphatic heterocycles. The van der Waals surface area contributed by atoms with E-state index in [4.69, 9.17) is 0 Å². The van der Waals surface area contributed by atoms with Crippen LogP contribution in [0.4, 0.5) is 18.9 Å². The van der Waals surface area contributed by atoms with Gasteiger partial charge in [0, 0.05) is 7.05 Å². The topological polar surface area (TPSA) is 66.5 Å². The highest BCUT2D eigenvalue weighted by Crippen LogP contribution is 2.35. The lowest BCUT2D eigenvalue weighted by Gasteiger charge is -2.26. The Bertz CT molecular complexity index is 884. The van der Waals surface area contributed by atoms with E-state index in [2.05, 4.69) is 5.32 Å². The second-order valence-corrected chi connectivity index (χ2v) is 7.67. The van der Waals surface area contributed by atoms with E-state index in [-0.39, 0.29) is 0 Å². The van der Waals surface area contributed by atoms with Crippen molar-refractivity contribution in [3.8, 4) is 0 Å². The summed E-state index contributed by atoms with van der Waals surface area (Å²) in [6.45, 7) is 0. The molecule has 0 aliphatic rings. The van der Waals surface area contributed by atoms with Gasteiger partial charge in [0.15, 0.2) is 0 Å². The number of rotatable bonds is 5. The maximum absolute atomic E-state index is 13.1. The molecule has 0 spiro atoms. The van der Waals surface area contributed by atoms with Crippen molar-refractivity contribution in [1.29, 1.82) is 0 Å². The lowest BCUT2D eigenvalue weighted by molar-refractivity contribution is -0.137. The summed E-state index contributed by atoms with van der Waals surface area (Å²) in [7, 11) is -2.58. The lowest BCUT2D eigenvalue weighted by atomic mass is 10.1. The average molecular weight is 386 g/mol. The zero-order valence-electron chi connectivity index (χ0n) is 14.0. The molecule has 26 heavy (non-hydrogen) atoms. The minimum Gasteiger partial charge on any atom is -0.324 e. The molecule has 0 aliphatic carbocycles. The number of benzene rings is 2. The zero-order chi connectivity index (χ0) is 19.5. The molecule has 2 rings (SSSR count). The van der Waals surface area contributed by atoms with Crippen molar-refractivity contribution in [2.45, 2.75) is 12.2 Å². The number of amides is 1. The van der Waals surface area contributed by atoms with Gasteiger partial charge in [0.2, 0.25) is 15.9 Å². The number of hydrogen-bond acceptors (Lipinski definition) is 3. The molecule has 5 nitrogen and oxygen atoms in total. The number of para-hydroxylation sites is 1. The highest BCUT2D eigenvalue weighted by atomic mass is 32.2. The molecule has 2 aromatic rings. The summed E-state index contributed by atoms with van der Waals surface area (Å²) in [5.41, 5.74) is -1.11. The molecular weight excluding hydrogens is 369 g/mol. The highest BCUT2D eigenvalue weighted by Gasteiger charge is 2.35. The second-order valence-electron chi connectivity index (χ2n) is 5.63. The molecule has 0 aromatic heterocycles. The molecule has 0 fully saturated rings. The van der Waals surface area contributed by atoms with Crippen LogP contribution < -0.4 is 5.32 Å². The van der Waals surface area contributed by atoms with E-state index in [1.165, 1.54) is 31.3 Å². The smallest absolute Gasteiger partial charge is 0.324 e. The van der Waals surface area contributed by atoms with Gasteiger partial charge in [-0.05, 0) is 17.7 Å². The third-order valence-electron chi connectivity index (χ3n) is 3.74. The van der Waals surface area contributed by atoms with Crippen molar-refractivity contribution in [2.24, 2.45) is 0 Å². The SMILES string of the molecule is CN(C(C(=O)Nc1ccccc1C(F)(F)F)c1ccccc1)S(C)(=O)=O. The number of nitrogens with zero attached hydrogens (tertiary/aromatic N) is 1. The van der Waals surface area contributed by atoms with Gasteiger partial charge in [-0.25, -0.2) is 8.42 Å². The molecule has 0 bridgehead atoms. The fraction of sp³-hybridized carbons (Fsp3) is 0.235. The number of halogens is 3. The number of hydrogen-bond donors (Lipinski definition) is 1. The van der Waals surface area contributed by atoms with Gasteiger partial charge in [-0.15, -0.1) is 0 Å². The van der Waals surface area contributed by atoms with Gasteiger partial charge in [0.1, 0.15) is 6.04 Å². The first kappa shape index (κ1) is 19.9. The van der Waals surface area contributed by atoms with Crippen LogP contribution in [-0.4, -0.2) is 31.9 Å². The van der Waals surface area contributed by atoms with Crippen LogP contribution in [0, 0.1) is 0 Å². The average Bonchev–Trinajstić information content (AvgIpc) is 2.54. The summed E-state index contributed by atoms with van der Waals surface area (Å²) in [5.74, 6) is -0.888. The predicted molar refractivity (Wildman–Crippen MR) is 91.9 cm³/mol. The van der Waals surface area contributed by atoms with Crippen LogP contribution >= 0.6 is 0 Å². The van der Waals surface area contributed by atoms with Crippen LogP contribution in [-0.2, 0) is 21.0 Å². The molecule has 0 saturated heterocycles.